The maximum atomic E-state index is 5.87. The van der Waals surface area contributed by atoms with Gasteiger partial charge >= 0.3 is 0 Å². The number of alkyl halides is 1. The summed E-state index contributed by atoms with van der Waals surface area (Å²) in [4.78, 5) is 0. The van der Waals surface area contributed by atoms with Gasteiger partial charge < -0.3 is 4.57 Å². The lowest BCUT2D eigenvalue weighted by atomic mass is 10.0. The number of rotatable bonds is 3. The number of aromatic nitrogens is 3. The summed E-state index contributed by atoms with van der Waals surface area (Å²) in [6.07, 6.45) is 0. The van der Waals surface area contributed by atoms with E-state index in [0.717, 1.165) is 18.2 Å². The number of hydrogen-bond acceptors (Lipinski definition) is 2. The zero-order chi connectivity index (χ0) is 12.1. The van der Waals surface area contributed by atoms with E-state index in [1.807, 2.05) is 0 Å². The Hall–Kier alpha value is -0.570. The third kappa shape index (κ3) is 1.33. The van der Waals surface area contributed by atoms with Gasteiger partial charge in [0.05, 0.1) is 5.88 Å². The molecule has 0 N–H and O–H groups in total. The van der Waals surface area contributed by atoms with Crippen LogP contribution in [0, 0.1) is 10.8 Å². The maximum absolute atomic E-state index is 5.87. The molecule has 0 radical (unpaired) electrons. The van der Waals surface area contributed by atoms with Gasteiger partial charge in [0, 0.05) is 12.5 Å². The first-order chi connectivity index (χ1) is 7.37. The van der Waals surface area contributed by atoms with E-state index in [1.165, 1.54) is 0 Å². The van der Waals surface area contributed by atoms with Gasteiger partial charge in [-0.15, -0.1) is 21.8 Å². The standard InChI is InChI=1S/C12H20ClN3/c1-6-16-8(7-13)14-15-10(16)9-11(2,3)12(9,4)5/h9H,6-7H2,1-5H3. The molecule has 1 aliphatic carbocycles. The van der Waals surface area contributed by atoms with E-state index in [4.69, 9.17) is 11.6 Å². The van der Waals surface area contributed by atoms with Crippen molar-refractivity contribution in [1.29, 1.82) is 0 Å². The third-order valence-electron chi connectivity index (χ3n) is 4.57. The summed E-state index contributed by atoms with van der Waals surface area (Å²) in [6.45, 7) is 12.2. The summed E-state index contributed by atoms with van der Waals surface area (Å²) >= 11 is 5.87. The van der Waals surface area contributed by atoms with Crippen molar-refractivity contribution in [3.05, 3.63) is 11.6 Å². The van der Waals surface area contributed by atoms with Gasteiger partial charge in [-0.05, 0) is 17.8 Å². The summed E-state index contributed by atoms with van der Waals surface area (Å²) in [5, 5.41) is 8.52. The minimum absolute atomic E-state index is 0.302. The Kier molecular flexibility index (Phi) is 2.57. The summed E-state index contributed by atoms with van der Waals surface area (Å²) < 4.78 is 2.16. The average molecular weight is 242 g/mol. The summed E-state index contributed by atoms with van der Waals surface area (Å²) in [5.41, 5.74) is 0.604. The molecule has 1 saturated carbocycles. The van der Waals surface area contributed by atoms with Crippen molar-refractivity contribution in [2.24, 2.45) is 10.8 Å². The Morgan fingerprint density at radius 2 is 1.75 bits per heavy atom. The molecular weight excluding hydrogens is 222 g/mol. The second-order valence-electron chi connectivity index (χ2n) is 5.73. The summed E-state index contributed by atoms with van der Waals surface area (Å²) in [5.74, 6) is 2.92. The van der Waals surface area contributed by atoms with Crippen LogP contribution in [0.2, 0.25) is 0 Å². The first-order valence-corrected chi connectivity index (χ1v) is 6.39. The van der Waals surface area contributed by atoms with Crippen LogP contribution in [0.25, 0.3) is 0 Å². The lowest BCUT2D eigenvalue weighted by molar-refractivity contribution is 0.457. The molecule has 2 rings (SSSR count). The highest BCUT2D eigenvalue weighted by atomic mass is 35.5. The monoisotopic (exact) mass is 241 g/mol. The van der Waals surface area contributed by atoms with Crippen molar-refractivity contribution in [1.82, 2.24) is 14.8 Å². The van der Waals surface area contributed by atoms with E-state index in [0.29, 0.717) is 22.6 Å². The minimum Gasteiger partial charge on any atom is -0.314 e. The van der Waals surface area contributed by atoms with Crippen molar-refractivity contribution < 1.29 is 0 Å². The van der Waals surface area contributed by atoms with Gasteiger partial charge in [-0.2, -0.15) is 0 Å². The Morgan fingerprint density at radius 1 is 1.19 bits per heavy atom. The average Bonchev–Trinajstić information content (AvgIpc) is 2.54. The van der Waals surface area contributed by atoms with Crippen LogP contribution < -0.4 is 0 Å². The van der Waals surface area contributed by atoms with Crippen LogP contribution in [0.4, 0.5) is 0 Å². The van der Waals surface area contributed by atoms with Gasteiger partial charge in [0.15, 0.2) is 0 Å². The molecule has 0 aromatic carbocycles. The van der Waals surface area contributed by atoms with Crippen LogP contribution in [0.3, 0.4) is 0 Å². The van der Waals surface area contributed by atoms with Gasteiger partial charge in [-0.25, -0.2) is 0 Å². The predicted octanol–water partition coefficient (Wildman–Crippen LogP) is 3.19. The van der Waals surface area contributed by atoms with E-state index in [-0.39, 0.29) is 0 Å². The van der Waals surface area contributed by atoms with Crippen molar-refractivity contribution in [2.75, 3.05) is 0 Å². The van der Waals surface area contributed by atoms with E-state index >= 15 is 0 Å². The summed E-state index contributed by atoms with van der Waals surface area (Å²) in [6, 6.07) is 0. The zero-order valence-corrected chi connectivity index (χ0v) is 11.5. The molecular formula is C12H20ClN3. The molecule has 0 atom stereocenters. The zero-order valence-electron chi connectivity index (χ0n) is 10.7. The second kappa shape index (κ2) is 3.46. The fourth-order valence-corrected chi connectivity index (χ4v) is 3.05. The molecule has 0 saturated heterocycles. The normalized spacial score (nSPS) is 22.4. The predicted molar refractivity (Wildman–Crippen MR) is 65.6 cm³/mol. The Labute approximate surface area is 102 Å². The second-order valence-corrected chi connectivity index (χ2v) is 6.00. The Bertz CT molecular complexity index is 392. The molecule has 1 heterocycles. The quantitative estimate of drug-likeness (QED) is 0.761. The molecule has 0 amide bonds. The molecule has 0 unspecified atom stereocenters. The van der Waals surface area contributed by atoms with Crippen LogP contribution in [0.5, 0.6) is 0 Å². The molecule has 0 bridgehead atoms. The Balaban J connectivity index is 2.40. The number of halogens is 1. The SMILES string of the molecule is CCn1c(CCl)nnc1C1C(C)(C)C1(C)C. The van der Waals surface area contributed by atoms with Crippen molar-refractivity contribution in [2.45, 2.75) is 53.0 Å². The first kappa shape index (κ1) is 11.9. The lowest BCUT2D eigenvalue weighted by Gasteiger charge is -2.06. The van der Waals surface area contributed by atoms with Crippen molar-refractivity contribution in [3.63, 3.8) is 0 Å². The molecule has 1 aromatic heterocycles. The van der Waals surface area contributed by atoms with Crippen LogP contribution in [-0.2, 0) is 12.4 Å². The summed E-state index contributed by atoms with van der Waals surface area (Å²) in [7, 11) is 0. The van der Waals surface area contributed by atoms with Crippen molar-refractivity contribution in [3.8, 4) is 0 Å². The Morgan fingerprint density at radius 3 is 2.12 bits per heavy atom. The molecule has 3 nitrogen and oxygen atoms in total. The van der Waals surface area contributed by atoms with Gasteiger partial charge in [0.1, 0.15) is 11.6 Å². The fourth-order valence-electron chi connectivity index (χ4n) is 2.85. The van der Waals surface area contributed by atoms with E-state index in [1.54, 1.807) is 0 Å². The van der Waals surface area contributed by atoms with Crippen LogP contribution in [0.15, 0.2) is 0 Å². The molecule has 4 heteroatoms. The highest BCUT2D eigenvalue weighted by molar-refractivity contribution is 6.16. The molecule has 1 fully saturated rings. The van der Waals surface area contributed by atoms with E-state index < -0.39 is 0 Å². The highest BCUT2D eigenvalue weighted by Gasteiger charge is 2.67. The van der Waals surface area contributed by atoms with Crippen molar-refractivity contribution >= 4 is 11.6 Å². The molecule has 1 aromatic rings. The van der Waals surface area contributed by atoms with Crippen LogP contribution in [0.1, 0.15) is 52.2 Å². The first-order valence-electron chi connectivity index (χ1n) is 5.85. The molecule has 16 heavy (non-hydrogen) atoms. The number of hydrogen-bond donors (Lipinski definition) is 0. The fraction of sp³-hybridized carbons (Fsp3) is 0.833. The van der Waals surface area contributed by atoms with E-state index in [2.05, 4.69) is 49.4 Å². The van der Waals surface area contributed by atoms with Gasteiger partial charge in [-0.1, -0.05) is 27.7 Å². The van der Waals surface area contributed by atoms with Gasteiger partial charge in [0.25, 0.3) is 0 Å². The highest BCUT2D eigenvalue weighted by Crippen LogP contribution is 2.73. The largest absolute Gasteiger partial charge is 0.314 e. The lowest BCUT2D eigenvalue weighted by Crippen LogP contribution is -2.06. The number of nitrogens with zero attached hydrogens (tertiary/aromatic N) is 3. The van der Waals surface area contributed by atoms with Gasteiger partial charge in [-0.3, -0.25) is 0 Å². The smallest absolute Gasteiger partial charge is 0.147 e. The van der Waals surface area contributed by atoms with Crippen LogP contribution in [-0.4, -0.2) is 14.8 Å². The third-order valence-corrected chi connectivity index (χ3v) is 4.81. The molecule has 90 valence electrons. The van der Waals surface area contributed by atoms with E-state index in [9.17, 15) is 0 Å². The van der Waals surface area contributed by atoms with Gasteiger partial charge in [0.2, 0.25) is 0 Å². The molecule has 1 aliphatic rings. The van der Waals surface area contributed by atoms with Crippen LogP contribution >= 0.6 is 11.6 Å². The topological polar surface area (TPSA) is 30.7 Å². The molecule has 0 spiro atoms. The maximum Gasteiger partial charge on any atom is 0.147 e. The molecule has 0 aliphatic heterocycles. The minimum atomic E-state index is 0.302.